The van der Waals surface area contributed by atoms with Crippen LogP contribution in [-0.2, 0) is 11.2 Å². The SMILES string of the molecule is CC(C)CN(C(=O)C(CN)Cc1ccccc1)C1CC1. The van der Waals surface area contributed by atoms with Crippen LogP contribution in [0.2, 0.25) is 0 Å². The average molecular weight is 274 g/mol. The van der Waals surface area contributed by atoms with Crippen LogP contribution in [0.3, 0.4) is 0 Å². The molecule has 3 heteroatoms. The van der Waals surface area contributed by atoms with Gasteiger partial charge in [0, 0.05) is 19.1 Å². The summed E-state index contributed by atoms with van der Waals surface area (Å²) in [4.78, 5) is 14.8. The van der Waals surface area contributed by atoms with Crippen LogP contribution in [-0.4, -0.2) is 29.9 Å². The molecule has 0 bridgehead atoms. The summed E-state index contributed by atoms with van der Waals surface area (Å²) in [7, 11) is 0. The molecule has 3 nitrogen and oxygen atoms in total. The van der Waals surface area contributed by atoms with Crippen molar-refractivity contribution in [3.63, 3.8) is 0 Å². The van der Waals surface area contributed by atoms with Crippen LogP contribution >= 0.6 is 0 Å². The molecule has 1 aliphatic carbocycles. The van der Waals surface area contributed by atoms with E-state index in [0.717, 1.165) is 25.8 Å². The van der Waals surface area contributed by atoms with E-state index in [1.165, 1.54) is 5.56 Å². The van der Waals surface area contributed by atoms with Crippen molar-refractivity contribution in [2.24, 2.45) is 17.6 Å². The van der Waals surface area contributed by atoms with Gasteiger partial charge < -0.3 is 10.6 Å². The van der Waals surface area contributed by atoms with Crippen LogP contribution in [0.25, 0.3) is 0 Å². The molecule has 2 rings (SSSR count). The minimum absolute atomic E-state index is 0.0863. The number of nitrogens with zero attached hydrogens (tertiary/aromatic N) is 1. The quantitative estimate of drug-likeness (QED) is 0.830. The van der Waals surface area contributed by atoms with Gasteiger partial charge >= 0.3 is 0 Å². The summed E-state index contributed by atoms with van der Waals surface area (Å²) in [6, 6.07) is 10.6. The highest BCUT2D eigenvalue weighted by Crippen LogP contribution is 2.29. The third kappa shape index (κ3) is 4.07. The number of hydrogen-bond donors (Lipinski definition) is 1. The standard InChI is InChI=1S/C17H26N2O/c1-13(2)12-19(16-8-9-16)17(20)15(11-18)10-14-6-4-3-5-7-14/h3-7,13,15-16H,8-12,18H2,1-2H3. The van der Waals surface area contributed by atoms with Crippen LogP contribution in [0.15, 0.2) is 30.3 Å². The van der Waals surface area contributed by atoms with Gasteiger partial charge in [-0.05, 0) is 30.7 Å². The molecule has 1 amide bonds. The van der Waals surface area contributed by atoms with Gasteiger partial charge in [-0.25, -0.2) is 0 Å². The second-order valence-corrected chi connectivity index (χ2v) is 6.24. The summed E-state index contributed by atoms with van der Waals surface area (Å²) >= 11 is 0. The Kier molecular flexibility index (Phi) is 5.18. The van der Waals surface area contributed by atoms with Crippen molar-refractivity contribution in [1.82, 2.24) is 4.90 Å². The lowest BCUT2D eigenvalue weighted by Crippen LogP contribution is -2.43. The van der Waals surface area contributed by atoms with Crippen LogP contribution in [0.1, 0.15) is 32.3 Å². The third-order valence-electron chi connectivity index (χ3n) is 3.79. The highest BCUT2D eigenvalue weighted by Gasteiger charge is 2.35. The molecule has 2 N–H and O–H groups in total. The Balaban J connectivity index is 2.03. The first-order valence-electron chi connectivity index (χ1n) is 7.66. The molecule has 0 spiro atoms. The van der Waals surface area contributed by atoms with Gasteiger partial charge in [-0.3, -0.25) is 4.79 Å². The van der Waals surface area contributed by atoms with Crippen molar-refractivity contribution in [1.29, 1.82) is 0 Å². The number of carbonyl (C=O) groups excluding carboxylic acids is 1. The highest BCUT2D eigenvalue weighted by atomic mass is 16.2. The lowest BCUT2D eigenvalue weighted by atomic mass is 9.97. The Hall–Kier alpha value is -1.35. The Bertz CT molecular complexity index is 426. The zero-order chi connectivity index (χ0) is 14.5. The van der Waals surface area contributed by atoms with Crippen molar-refractivity contribution < 1.29 is 4.79 Å². The smallest absolute Gasteiger partial charge is 0.227 e. The Morgan fingerprint density at radius 3 is 2.45 bits per heavy atom. The van der Waals surface area contributed by atoms with Crippen LogP contribution in [0.5, 0.6) is 0 Å². The predicted octanol–water partition coefficient (Wildman–Crippen LogP) is 2.45. The van der Waals surface area contributed by atoms with E-state index in [9.17, 15) is 4.79 Å². The lowest BCUT2D eigenvalue weighted by Gasteiger charge is -2.28. The fraction of sp³-hybridized carbons (Fsp3) is 0.588. The molecule has 1 aliphatic rings. The summed E-state index contributed by atoms with van der Waals surface area (Å²) in [5.74, 6) is 0.666. The van der Waals surface area contributed by atoms with Gasteiger partial charge in [0.2, 0.25) is 5.91 Å². The van der Waals surface area contributed by atoms with E-state index in [-0.39, 0.29) is 11.8 Å². The second-order valence-electron chi connectivity index (χ2n) is 6.24. The molecule has 110 valence electrons. The van der Waals surface area contributed by atoms with Gasteiger partial charge in [0.1, 0.15) is 0 Å². The number of nitrogens with two attached hydrogens (primary N) is 1. The van der Waals surface area contributed by atoms with E-state index in [4.69, 9.17) is 5.73 Å². The molecule has 0 radical (unpaired) electrons. The molecule has 0 aromatic heterocycles. The average Bonchev–Trinajstić information content (AvgIpc) is 3.27. The van der Waals surface area contributed by atoms with Crippen molar-refractivity contribution in [2.75, 3.05) is 13.1 Å². The van der Waals surface area contributed by atoms with Gasteiger partial charge in [-0.15, -0.1) is 0 Å². The molecule has 0 heterocycles. The van der Waals surface area contributed by atoms with E-state index in [0.29, 0.717) is 18.5 Å². The molecular formula is C17H26N2O. The van der Waals surface area contributed by atoms with E-state index >= 15 is 0 Å². The minimum Gasteiger partial charge on any atom is -0.339 e. The first kappa shape index (κ1) is 15.0. The summed E-state index contributed by atoms with van der Waals surface area (Å²) in [6.45, 7) is 5.61. The molecule has 1 atom stereocenters. The van der Waals surface area contributed by atoms with Gasteiger partial charge in [-0.2, -0.15) is 0 Å². The van der Waals surface area contributed by atoms with Crippen LogP contribution < -0.4 is 5.73 Å². The number of carbonyl (C=O) groups is 1. The second kappa shape index (κ2) is 6.89. The molecule has 1 saturated carbocycles. The third-order valence-corrected chi connectivity index (χ3v) is 3.79. The highest BCUT2D eigenvalue weighted by molar-refractivity contribution is 5.80. The van der Waals surface area contributed by atoms with Gasteiger partial charge in [-0.1, -0.05) is 44.2 Å². The van der Waals surface area contributed by atoms with Crippen molar-refractivity contribution in [3.8, 4) is 0 Å². The first-order chi connectivity index (χ1) is 9.61. The molecule has 0 saturated heterocycles. The van der Waals surface area contributed by atoms with E-state index in [2.05, 4.69) is 30.9 Å². The zero-order valence-electron chi connectivity index (χ0n) is 12.6. The largest absolute Gasteiger partial charge is 0.339 e. The van der Waals surface area contributed by atoms with Gasteiger partial charge in [0.25, 0.3) is 0 Å². The monoisotopic (exact) mass is 274 g/mol. The van der Waals surface area contributed by atoms with Crippen molar-refractivity contribution >= 4 is 5.91 Å². The maximum atomic E-state index is 12.7. The number of amides is 1. The summed E-state index contributed by atoms with van der Waals surface area (Å²) in [6.07, 6.45) is 3.06. The lowest BCUT2D eigenvalue weighted by molar-refractivity contribution is -0.136. The fourth-order valence-electron chi connectivity index (χ4n) is 2.60. The molecule has 1 unspecified atom stereocenters. The molecule has 20 heavy (non-hydrogen) atoms. The molecular weight excluding hydrogens is 248 g/mol. The Labute approximate surface area is 122 Å². The zero-order valence-corrected chi connectivity index (χ0v) is 12.6. The predicted molar refractivity (Wildman–Crippen MR) is 82.3 cm³/mol. The van der Waals surface area contributed by atoms with E-state index in [1.807, 2.05) is 18.2 Å². The fourth-order valence-corrected chi connectivity index (χ4v) is 2.60. The molecule has 1 fully saturated rings. The Morgan fingerprint density at radius 1 is 1.30 bits per heavy atom. The maximum absolute atomic E-state index is 12.7. The number of rotatable bonds is 7. The van der Waals surface area contributed by atoms with Crippen LogP contribution in [0, 0.1) is 11.8 Å². The van der Waals surface area contributed by atoms with E-state index in [1.54, 1.807) is 0 Å². The number of benzene rings is 1. The van der Waals surface area contributed by atoms with E-state index < -0.39 is 0 Å². The summed E-state index contributed by atoms with van der Waals surface area (Å²) in [5, 5.41) is 0. The van der Waals surface area contributed by atoms with Crippen LogP contribution in [0.4, 0.5) is 0 Å². The van der Waals surface area contributed by atoms with Gasteiger partial charge in [0.05, 0.1) is 5.92 Å². The first-order valence-corrected chi connectivity index (χ1v) is 7.66. The normalized spacial score (nSPS) is 16.2. The molecule has 1 aromatic rings. The summed E-state index contributed by atoms with van der Waals surface area (Å²) in [5.41, 5.74) is 7.05. The topological polar surface area (TPSA) is 46.3 Å². The van der Waals surface area contributed by atoms with Crippen molar-refractivity contribution in [2.45, 2.75) is 39.2 Å². The maximum Gasteiger partial charge on any atom is 0.227 e. The molecule has 1 aromatic carbocycles. The Morgan fingerprint density at radius 2 is 1.95 bits per heavy atom. The summed E-state index contributed by atoms with van der Waals surface area (Å²) < 4.78 is 0. The molecule has 0 aliphatic heterocycles. The van der Waals surface area contributed by atoms with Crippen molar-refractivity contribution in [3.05, 3.63) is 35.9 Å². The van der Waals surface area contributed by atoms with Gasteiger partial charge in [0.15, 0.2) is 0 Å². The number of hydrogen-bond acceptors (Lipinski definition) is 2. The minimum atomic E-state index is -0.0863.